The number of hydrogen-bond donors (Lipinski definition) is 0. The van der Waals surface area contributed by atoms with Crippen LogP contribution >= 0.6 is 0 Å². The summed E-state index contributed by atoms with van der Waals surface area (Å²) in [7, 11) is 1.81. The van der Waals surface area contributed by atoms with Crippen LogP contribution in [0.25, 0.3) is 0 Å². The fourth-order valence-corrected chi connectivity index (χ4v) is 3.37. The van der Waals surface area contributed by atoms with Crippen LogP contribution in [0.15, 0.2) is 73.3 Å². The topological polar surface area (TPSA) is 23.6 Å². The Balaban J connectivity index is 2.22. The van der Waals surface area contributed by atoms with Gasteiger partial charge in [-0.3, -0.25) is 9.80 Å². The molecule has 0 saturated carbocycles. The van der Waals surface area contributed by atoms with Gasteiger partial charge in [0.15, 0.2) is 0 Å². The highest BCUT2D eigenvalue weighted by molar-refractivity contribution is 5.86. The van der Waals surface area contributed by atoms with E-state index < -0.39 is 5.54 Å². The molecule has 2 aromatic rings. The summed E-state index contributed by atoms with van der Waals surface area (Å²) in [6.07, 6.45) is 1.93. The zero-order valence-electron chi connectivity index (χ0n) is 12.9. The molecule has 1 atom stereocenters. The average Bonchev–Trinajstić information content (AvgIpc) is 2.60. The third kappa shape index (κ3) is 1.90. The van der Waals surface area contributed by atoms with Crippen molar-refractivity contribution in [1.29, 1.82) is 0 Å². The minimum absolute atomic E-state index is 0.123. The summed E-state index contributed by atoms with van der Waals surface area (Å²) in [6, 6.07) is 20.2. The van der Waals surface area contributed by atoms with E-state index in [0.717, 1.165) is 11.1 Å². The number of hydrazine groups is 1. The molecule has 0 N–H and O–H groups in total. The van der Waals surface area contributed by atoms with Gasteiger partial charge >= 0.3 is 0 Å². The molecule has 1 saturated heterocycles. The molecule has 0 aliphatic carbocycles. The third-order valence-corrected chi connectivity index (χ3v) is 4.45. The lowest BCUT2D eigenvalue weighted by Gasteiger charge is -2.56. The first kappa shape index (κ1) is 14.5. The first-order chi connectivity index (χ1) is 10.6. The van der Waals surface area contributed by atoms with Crippen LogP contribution in [0.2, 0.25) is 0 Å². The van der Waals surface area contributed by atoms with Gasteiger partial charge in [0.1, 0.15) is 11.6 Å². The Morgan fingerprint density at radius 3 is 1.82 bits per heavy atom. The largest absolute Gasteiger partial charge is 0.275 e. The lowest BCUT2D eigenvalue weighted by atomic mass is 9.80. The first-order valence-corrected chi connectivity index (χ1v) is 7.44. The van der Waals surface area contributed by atoms with Crippen LogP contribution in [0.5, 0.6) is 0 Å². The van der Waals surface area contributed by atoms with Gasteiger partial charge in [0.05, 0.1) is 0 Å². The van der Waals surface area contributed by atoms with Crippen LogP contribution in [0, 0.1) is 0 Å². The van der Waals surface area contributed by atoms with Crippen LogP contribution in [-0.4, -0.2) is 29.0 Å². The van der Waals surface area contributed by atoms with Gasteiger partial charge in [-0.1, -0.05) is 66.7 Å². The molecule has 0 aromatic heterocycles. The Kier molecular flexibility index (Phi) is 3.59. The number of benzene rings is 2. The molecule has 1 heterocycles. The summed E-state index contributed by atoms with van der Waals surface area (Å²) in [5, 5.41) is 3.78. The maximum atomic E-state index is 12.0. The summed E-state index contributed by atoms with van der Waals surface area (Å²) in [5.74, 6) is 0.123. The van der Waals surface area contributed by atoms with Gasteiger partial charge in [-0.05, 0) is 18.1 Å². The van der Waals surface area contributed by atoms with Crippen molar-refractivity contribution in [2.24, 2.45) is 0 Å². The van der Waals surface area contributed by atoms with Gasteiger partial charge in [0.25, 0.3) is 5.91 Å². The number of likely N-dealkylation sites (N-methyl/N-ethyl adjacent to an activating group) is 1. The minimum Gasteiger partial charge on any atom is -0.275 e. The van der Waals surface area contributed by atoms with Crippen LogP contribution in [0.4, 0.5) is 0 Å². The van der Waals surface area contributed by atoms with Crippen molar-refractivity contribution < 1.29 is 4.79 Å². The minimum atomic E-state index is -0.551. The molecule has 1 amide bonds. The Morgan fingerprint density at radius 2 is 1.45 bits per heavy atom. The van der Waals surface area contributed by atoms with Crippen molar-refractivity contribution in [3.8, 4) is 0 Å². The molecular weight excluding hydrogens is 272 g/mol. The summed E-state index contributed by atoms with van der Waals surface area (Å²) in [6.45, 7) is 6.04. The molecule has 3 rings (SSSR count). The maximum Gasteiger partial charge on any atom is 0.255 e. The van der Waals surface area contributed by atoms with E-state index in [1.54, 1.807) is 5.01 Å². The predicted molar refractivity (Wildman–Crippen MR) is 87.9 cm³/mol. The molecule has 2 aromatic carbocycles. The van der Waals surface area contributed by atoms with E-state index in [9.17, 15) is 4.79 Å². The predicted octanol–water partition coefficient (Wildman–Crippen LogP) is 3.19. The van der Waals surface area contributed by atoms with Crippen molar-refractivity contribution in [1.82, 2.24) is 10.0 Å². The van der Waals surface area contributed by atoms with Crippen molar-refractivity contribution >= 4 is 5.91 Å². The molecule has 0 radical (unpaired) electrons. The quantitative estimate of drug-likeness (QED) is 0.808. The molecule has 0 bridgehead atoms. The Labute approximate surface area is 131 Å². The molecule has 1 aliphatic rings. The third-order valence-electron chi connectivity index (χ3n) is 4.45. The number of carbonyl (C=O) groups is 1. The van der Waals surface area contributed by atoms with Crippen LogP contribution in [0.1, 0.15) is 18.1 Å². The number of carbonyl (C=O) groups excluding carboxylic acids is 1. The summed E-state index contributed by atoms with van der Waals surface area (Å²) < 4.78 is 0. The number of nitrogens with zero attached hydrogens (tertiary/aromatic N) is 2. The van der Waals surface area contributed by atoms with Crippen molar-refractivity contribution in [3.63, 3.8) is 0 Å². The molecule has 3 heteroatoms. The van der Waals surface area contributed by atoms with Crippen LogP contribution < -0.4 is 0 Å². The highest BCUT2D eigenvalue weighted by atomic mass is 16.2. The lowest BCUT2D eigenvalue weighted by Crippen LogP contribution is -2.72. The normalized spacial score (nSPS) is 18.9. The summed E-state index contributed by atoms with van der Waals surface area (Å²) >= 11 is 0. The van der Waals surface area contributed by atoms with E-state index in [4.69, 9.17) is 0 Å². The van der Waals surface area contributed by atoms with Gasteiger partial charge < -0.3 is 0 Å². The SMILES string of the molecule is C=CC(c1ccccc1)(c1ccccc1)N1C(C)C(=O)N1C. The molecule has 1 unspecified atom stereocenters. The van der Waals surface area contributed by atoms with Crippen LogP contribution in [-0.2, 0) is 10.3 Å². The van der Waals surface area contributed by atoms with E-state index in [1.807, 2.05) is 56.4 Å². The second-order valence-electron chi connectivity index (χ2n) is 5.58. The summed E-state index contributed by atoms with van der Waals surface area (Å²) in [4.78, 5) is 12.0. The lowest BCUT2D eigenvalue weighted by molar-refractivity contribution is -0.202. The average molecular weight is 292 g/mol. The van der Waals surface area contributed by atoms with E-state index in [0.29, 0.717) is 0 Å². The van der Waals surface area contributed by atoms with Gasteiger partial charge in [0.2, 0.25) is 0 Å². The molecule has 3 nitrogen and oxygen atoms in total. The highest BCUT2D eigenvalue weighted by Crippen LogP contribution is 2.42. The van der Waals surface area contributed by atoms with Crippen molar-refractivity contribution in [2.45, 2.75) is 18.5 Å². The first-order valence-electron chi connectivity index (χ1n) is 7.44. The molecule has 22 heavy (non-hydrogen) atoms. The van der Waals surface area contributed by atoms with Gasteiger partial charge in [-0.15, -0.1) is 6.58 Å². The zero-order chi connectivity index (χ0) is 15.7. The van der Waals surface area contributed by atoms with Crippen molar-refractivity contribution in [2.75, 3.05) is 7.05 Å². The molecular formula is C19H20N2O. The molecule has 112 valence electrons. The van der Waals surface area contributed by atoms with E-state index >= 15 is 0 Å². The van der Waals surface area contributed by atoms with Crippen molar-refractivity contribution in [3.05, 3.63) is 84.4 Å². The van der Waals surface area contributed by atoms with Gasteiger partial charge in [-0.2, -0.15) is 5.01 Å². The fourth-order valence-electron chi connectivity index (χ4n) is 3.37. The second kappa shape index (κ2) is 5.43. The van der Waals surface area contributed by atoms with E-state index in [-0.39, 0.29) is 11.9 Å². The summed E-state index contributed by atoms with van der Waals surface area (Å²) in [5.41, 5.74) is 1.65. The van der Waals surface area contributed by atoms with E-state index in [2.05, 4.69) is 35.9 Å². The Bertz CT molecular complexity index is 630. The zero-order valence-corrected chi connectivity index (χ0v) is 12.9. The molecule has 1 aliphatic heterocycles. The Morgan fingerprint density at radius 1 is 1.00 bits per heavy atom. The second-order valence-corrected chi connectivity index (χ2v) is 5.58. The fraction of sp³-hybridized carbons (Fsp3) is 0.211. The smallest absolute Gasteiger partial charge is 0.255 e. The van der Waals surface area contributed by atoms with Gasteiger partial charge in [0, 0.05) is 7.05 Å². The molecule has 0 spiro atoms. The number of rotatable bonds is 4. The highest BCUT2D eigenvalue weighted by Gasteiger charge is 2.52. The number of amides is 1. The maximum absolute atomic E-state index is 12.0. The monoisotopic (exact) mass is 292 g/mol. The Hall–Kier alpha value is -2.39. The van der Waals surface area contributed by atoms with E-state index in [1.165, 1.54) is 0 Å². The van der Waals surface area contributed by atoms with Gasteiger partial charge in [-0.25, -0.2) is 0 Å². The standard InChI is InChI=1S/C19H20N2O/c1-4-19(16-11-7-5-8-12-16,17-13-9-6-10-14-17)21-15(2)18(22)20(21)3/h4-15H,1H2,2-3H3. The number of hydrogen-bond acceptors (Lipinski definition) is 2. The van der Waals surface area contributed by atoms with Crippen LogP contribution in [0.3, 0.4) is 0 Å². The molecule has 1 fully saturated rings.